The second-order valence-electron chi connectivity index (χ2n) is 5.40. The highest BCUT2D eigenvalue weighted by Gasteiger charge is 2.17. The van der Waals surface area contributed by atoms with E-state index in [9.17, 15) is 0 Å². The number of rotatable bonds is 3. The quantitative estimate of drug-likeness (QED) is 0.913. The van der Waals surface area contributed by atoms with Gasteiger partial charge >= 0.3 is 0 Å². The molecule has 0 radical (unpaired) electrons. The van der Waals surface area contributed by atoms with Gasteiger partial charge in [-0.3, -0.25) is 4.68 Å². The summed E-state index contributed by atoms with van der Waals surface area (Å²) in [7, 11) is 4.01. The fourth-order valence-electron chi connectivity index (χ4n) is 3.18. The van der Waals surface area contributed by atoms with E-state index < -0.39 is 0 Å². The van der Waals surface area contributed by atoms with E-state index >= 15 is 0 Å². The molecule has 0 saturated carbocycles. The van der Waals surface area contributed by atoms with Crippen LogP contribution in [0, 0.1) is 6.92 Å². The molecule has 3 rings (SSSR count). The molecule has 1 aromatic heterocycles. The van der Waals surface area contributed by atoms with E-state index in [1.165, 1.54) is 47.2 Å². The minimum absolute atomic E-state index is 0.851. The molecule has 1 aromatic carbocycles. The van der Waals surface area contributed by atoms with Crippen LogP contribution in [0.3, 0.4) is 0 Å². The maximum Gasteiger partial charge on any atom is 0.0675 e. The van der Waals surface area contributed by atoms with Gasteiger partial charge in [-0.1, -0.05) is 18.2 Å². The van der Waals surface area contributed by atoms with Crippen molar-refractivity contribution in [3.05, 3.63) is 40.7 Å². The van der Waals surface area contributed by atoms with E-state index in [0.717, 1.165) is 12.2 Å². The summed E-state index contributed by atoms with van der Waals surface area (Å²) in [5.41, 5.74) is 8.04. The van der Waals surface area contributed by atoms with Crippen LogP contribution in [0.1, 0.15) is 28.9 Å². The molecule has 1 heterocycles. The van der Waals surface area contributed by atoms with Crippen molar-refractivity contribution in [1.29, 1.82) is 0 Å². The highest BCUT2D eigenvalue weighted by Crippen LogP contribution is 2.31. The molecule has 0 unspecified atom stereocenters. The van der Waals surface area contributed by atoms with Gasteiger partial charge in [-0.25, -0.2) is 0 Å². The van der Waals surface area contributed by atoms with Gasteiger partial charge in [0.15, 0.2) is 0 Å². The van der Waals surface area contributed by atoms with Gasteiger partial charge in [0.25, 0.3) is 0 Å². The number of aryl methyl sites for hydroxylation is 4. The zero-order chi connectivity index (χ0) is 13.4. The lowest BCUT2D eigenvalue weighted by molar-refractivity contribution is 0.669. The summed E-state index contributed by atoms with van der Waals surface area (Å²) in [6, 6.07) is 6.92. The zero-order valence-electron chi connectivity index (χ0n) is 12.0. The van der Waals surface area contributed by atoms with Crippen molar-refractivity contribution in [3.63, 3.8) is 0 Å². The standard InChI is InChI=1S/C16H21N3/c1-11-16(15(10-17-2)19(3)18-11)14-8-7-12-5-4-6-13(12)9-14/h7-9,17H,4-6,10H2,1-3H3. The van der Waals surface area contributed by atoms with Crippen molar-refractivity contribution in [2.45, 2.75) is 32.7 Å². The number of nitrogens with zero attached hydrogens (tertiary/aromatic N) is 2. The lowest BCUT2D eigenvalue weighted by atomic mass is 9.99. The molecule has 0 aliphatic heterocycles. The Bertz CT molecular complexity index is 611. The molecule has 100 valence electrons. The summed E-state index contributed by atoms with van der Waals surface area (Å²) < 4.78 is 1.99. The highest BCUT2D eigenvalue weighted by molar-refractivity contribution is 5.70. The fourth-order valence-corrected chi connectivity index (χ4v) is 3.18. The molecular weight excluding hydrogens is 234 g/mol. The number of nitrogens with one attached hydrogen (secondary N) is 1. The minimum Gasteiger partial charge on any atom is -0.314 e. The molecule has 3 nitrogen and oxygen atoms in total. The van der Waals surface area contributed by atoms with Crippen molar-refractivity contribution in [1.82, 2.24) is 15.1 Å². The summed E-state index contributed by atoms with van der Waals surface area (Å²) in [5.74, 6) is 0. The maximum absolute atomic E-state index is 4.58. The molecule has 3 heteroatoms. The Morgan fingerprint density at radius 1 is 1.26 bits per heavy atom. The molecule has 2 aromatic rings. The minimum atomic E-state index is 0.851. The Morgan fingerprint density at radius 2 is 2.05 bits per heavy atom. The Labute approximate surface area is 114 Å². The molecule has 19 heavy (non-hydrogen) atoms. The van der Waals surface area contributed by atoms with Crippen molar-refractivity contribution < 1.29 is 0 Å². The Balaban J connectivity index is 2.11. The van der Waals surface area contributed by atoms with Crippen LogP contribution in [-0.2, 0) is 26.4 Å². The van der Waals surface area contributed by atoms with Gasteiger partial charge in [0.1, 0.15) is 0 Å². The maximum atomic E-state index is 4.58. The molecule has 0 amide bonds. The van der Waals surface area contributed by atoms with E-state index in [2.05, 4.69) is 35.5 Å². The number of hydrogen-bond donors (Lipinski definition) is 1. The van der Waals surface area contributed by atoms with E-state index in [0.29, 0.717) is 0 Å². The van der Waals surface area contributed by atoms with Crippen LogP contribution in [0.5, 0.6) is 0 Å². The predicted molar refractivity (Wildman–Crippen MR) is 78.2 cm³/mol. The number of fused-ring (bicyclic) bond motifs is 1. The van der Waals surface area contributed by atoms with Gasteiger partial charge in [-0.05, 0) is 49.9 Å². The average Bonchev–Trinajstić information content (AvgIpc) is 2.94. The molecule has 0 spiro atoms. The van der Waals surface area contributed by atoms with Gasteiger partial charge in [-0.15, -0.1) is 0 Å². The molecule has 0 saturated heterocycles. The molecule has 1 aliphatic carbocycles. The predicted octanol–water partition coefficient (Wildman–Crippen LogP) is 2.60. The van der Waals surface area contributed by atoms with Crippen LogP contribution in [0.25, 0.3) is 11.1 Å². The summed E-state index contributed by atoms with van der Waals surface area (Å²) in [6.07, 6.45) is 3.77. The smallest absolute Gasteiger partial charge is 0.0675 e. The lowest BCUT2D eigenvalue weighted by Gasteiger charge is -2.08. The van der Waals surface area contributed by atoms with E-state index in [4.69, 9.17) is 0 Å². The van der Waals surface area contributed by atoms with Crippen LogP contribution in [0.4, 0.5) is 0 Å². The second kappa shape index (κ2) is 4.82. The van der Waals surface area contributed by atoms with Gasteiger partial charge in [0, 0.05) is 19.2 Å². The average molecular weight is 255 g/mol. The van der Waals surface area contributed by atoms with Crippen molar-refractivity contribution >= 4 is 0 Å². The SMILES string of the molecule is CNCc1c(-c2ccc3c(c2)CCC3)c(C)nn1C. The molecular formula is C16H21N3. The van der Waals surface area contributed by atoms with Crippen molar-refractivity contribution in [3.8, 4) is 11.1 Å². The molecule has 0 atom stereocenters. The molecule has 0 bridgehead atoms. The van der Waals surface area contributed by atoms with E-state index in [-0.39, 0.29) is 0 Å². The second-order valence-corrected chi connectivity index (χ2v) is 5.40. The van der Waals surface area contributed by atoms with Crippen LogP contribution in [0.2, 0.25) is 0 Å². The van der Waals surface area contributed by atoms with Crippen LogP contribution >= 0.6 is 0 Å². The van der Waals surface area contributed by atoms with Crippen LogP contribution in [0.15, 0.2) is 18.2 Å². The number of aromatic nitrogens is 2. The van der Waals surface area contributed by atoms with E-state index in [1.54, 1.807) is 0 Å². The van der Waals surface area contributed by atoms with E-state index in [1.807, 2.05) is 18.8 Å². The third kappa shape index (κ3) is 2.08. The summed E-state index contributed by atoms with van der Waals surface area (Å²) in [4.78, 5) is 0. The first-order valence-corrected chi connectivity index (χ1v) is 7.00. The zero-order valence-corrected chi connectivity index (χ0v) is 12.0. The van der Waals surface area contributed by atoms with Crippen LogP contribution in [-0.4, -0.2) is 16.8 Å². The van der Waals surface area contributed by atoms with Crippen molar-refractivity contribution in [2.75, 3.05) is 7.05 Å². The number of benzene rings is 1. The Hall–Kier alpha value is -1.61. The summed E-state index contributed by atoms with van der Waals surface area (Å²) >= 11 is 0. The summed E-state index contributed by atoms with van der Waals surface area (Å²) in [5, 5.41) is 7.82. The fraction of sp³-hybridized carbons (Fsp3) is 0.438. The summed E-state index contributed by atoms with van der Waals surface area (Å²) in [6.45, 7) is 2.95. The Kier molecular flexibility index (Phi) is 3.15. The highest BCUT2D eigenvalue weighted by atomic mass is 15.3. The lowest BCUT2D eigenvalue weighted by Crippen LogP contribution is -2.10. The molecule has 1 aliphatic rings. The first kappa shape index (κ1) is 12.4. The first-order valence-electron chi connectivity index (χ1n) is 7.00. The third-order valence-corrected chi connectivity index (χ3v) is 4.07. The van der Waals surface area contributed by atoms with Gasteiger partial charge in [0.2, 0.25) is 0 Å². The topological polar surface area (TPSA) is 29.9 Å². The van der Waals surface area contributed by atoms with Crippen molar-refractivity contribution in [2.24, 2.45) is 7.05 Å². The van der Waals surface area contributed by atoms with Gasteiger partial charge < -0.3 is 5.32 Å². The first-order chi connectivity index (χ1) is 9.20. The third-order valence-electron chi connectivity index (χ3n) is 4.07. The molecule has 0 fully saturated rings. The largest absolute Gasteiger partial charge is 0.314 e. The Morgan fingerprint density at radius 3 is 2.84 bits per heavy atom. The monoisotopic (exact) mass is 255 g/mol. The van der Waals surface area contributed by atoms with Gasteiger partial charge in [0.05, 0.1) is 11.4 Å². The van der Waals surface area contributed by atoms with Gasteiger partial charge in [-0.2, -0.15) is 5.10 Å². The molecule has 1 N–H and O–H groups in total. The normalized spacial score (nSPS) is 13.8. The van der Waals surface area contributed by atoms with Crippen LogP contribution < -0.4 is 5.32 Å². The number of hydrogen-bond acceptors (Lipinski definition) is 2.